The van der Waals surface area contributed by atoms with E-state index in [0.717, 1.165) is 50.6 Å². The number of ether oxygens (including phenoxy) is 1. The van der Waals surface area contributed by atoms with Gasteiger partial charge in [-0.25, -0.2) is 9.59 Å². The molecule has 8 nitrogen and oxygen atoms in total. The van der Waals surface area contributed by atoms with Crippen LogP contribution in [0.1, 0.15) is 24.2 Å². The van der Waals surface area contributed by atoms with Gasteiger partial charge in [-0.05, 0) is 37.7 Å². The van der Waals surface area contributed by atoms with E-state index in [0.29, 0.717) is 6.61 Å². The third kappa shape index (κ3) is 8.09. The zero-order valence-corrected chi connectivity index (χ0v) is 15.2. The number of carboxylic acid groups (broad SMARTS) is 2. The predicted octanol–water partition coefficient (Wildman–Crippen LogP) is 1.06. The first-order chi connectivity index (χ1) is 12.3. The lowest BCUT2D eigenvalue weighted by Crippen LogP contribution is -2.47. The molecule has 1 fully saturated rings. The highest BCUT2D eigenvalue weighted by Gasteiger charge is 2.14. The Labute approximate surface area is 153 Å². The van der Waals surface area contributed by atoms with Crippen LogP contribution in [0.25, 0.3) is 0 Å². The zero-order valence-electron chi connectivity index (χ0n) is 15.2. The highest BCUT2D eigenvalue weighted by molar-refractivity contribution is 6.27. The molecule has 1 aromatic rings. The highest BCUT2D eigenvalue weighted by Crippen LogP contribution is 2.12. The van der Waals surface area contributed by atoms with Gasteiger partial charge < -0.3 is 19.8 Å². The van der Waals surface area contributed by atoms with E-state index < -0.39 is 11.9 Å². The van der Waals surface area contributed by atoms with E-state index in [1.807, 2.05) is 24.3 Å². The fraction of sp³-hybridized carbons (Fsp3) is 0.500. The van der Waals surface area contributed by atoms with Crippen LogP contribution in [0, 0.1) is 0 Å². The van der Waals surface area contributed by atoms with Crippen LogP contribution in [-0.4, -0.2) is 83.6 Å². The summed E-state index contributed by atoms with van der Waals surface area (Å²) in [6, 6.07) is 7.37. The second-order valence-electron chi connectivity index (χ2n) is 5.82. The molecule has 0 saturated carbocycles. The quantitative estimate of drug-likeness (QED) is 0.568. The van der Waals surface area contributed by atoms with Gasteiger partial charge in [0, 0.05) is 38.3 Å². The van der Waals surface area contributed by atoms with E-state index in [1.165, 1.54) is 0 Å². The number of carbonyl (C=O) groups is 3. The van der Waals surface area contributed by atoms with Crippen LogP contribution in [0.15, 0.2) is 24.3 Å². The Hall–Kier alpha value is -2.45. The summed E-state index contributed by atoms with van der Waals surface area (Å²) in [6.07, 6.45) is 0. The summed E-state index contributed by atoms with van der Waals surface area (Å²) >= 11 is 0. The zero-order chi connectivity index (χ0) is 19.5. The molecule has 144 valence electrons. The van der Waals surface area contributed by atoms with Crippen molar-refractivity contribution in [2.24, 2.45) is 0 Å². The number of hydrogen-bond acceptors (Lipinski definition) is 6. The van der Waals surface area contributed by atoms with E-state index in [1.54, 1.807) is 6.92 Å². The van der Waals surface area contributed by atoms with Gasteiger partial charge in [0.1, 0.15) is 12.4 Å². The number of nitrogens with zero attached hydrogens (tertiary/aromatic N) is 2. The van der Waals surface area contributed by atoms with Gasteiger partial charge in [0.2, 0.25) is 0 Å². The first kappa shape index (κ1) is 21.6. The van der Waals surface area contributed by atoms with Crippen molar-refractivity contribution >= 4 is 17.7 Å². The number of ketones is 1. The monoisotopic (exact) mass is 366 g/mol. The van der Waals surface area contributed by atoms with Gasteiger partial charge in [0.25, 0.3) is 0 Å². The standard InChI is InChI=1S/C16H24N2O2.C2H2O4/c1-3-17-8-10-18(11-9-17)12-13-20-16-6-4-15(5-7-16)14(2)19;3-1(4)2(5)6/h4-7H,3,8-13H2,1-2H3;(H,3,4)(H,5,6). The molecular weight excluding hydrogens is 340 g/mol. The number of piperazine rings is 1. The van der Waals surface area contributed by atoms with Crippen LogP contribution >= 0.6 is 0 Å². The van der Waals surface area contributed by atoms with E-state index in [-0.39, 0.29) is 5.78 Å². The Morgan fingerprint density at radius 2 is 1.46 bits per heavy atom. The summed E-state index contributed by atoms with van der Waals surface area (Å²) in [5.74, 6) is -2.72. The molecule has 0 unspecified atom stereocenters. The molecule has 2 rings (SSSR count). The van der Waals surface area contributed by atoms with Crippen molar-refractivity contribution in [2.75, 3.05) is 45.9 Å². The van der Waals surface area contributed by atoms with Crippen LogP contribution in [0.3, 0.4) is 0 Å². The number of likely N-dealkylation sites (N-methyl/N-ethyl adjacent to an activating group) is 1. The molecule has 1 aromatic carbocycles. The number of hydrogen-bond donors (Lipinski definition) is 2. The number of rotatable bonds is 6. The molecule has 1 saturated heterocycles. The second-order valence-corrected chi connectivity index (χ2v) is 5.82. The van der Waals surface area contributed by atoms with Crippen molar-refractivity contribution in [1.29, 1.82) is 0 Å². The molecule has 0 amide bonds. The molecule has 0 radical (unpaired) electrons. The summed E-state index contributed by atoms with van der Waals surface area (Å²) < 4.78 is 5.73. The van der Waals surface area contributed by atoms with Crippen LogP contribution in [0.5, 0.6) is 5.75 Å². The van der Waals surface area contributed by atoms with Crippen LogP contribution in [0.4, 0.5) is 0 Å². The lowest BCUT2D eigenvalue weighted by atomic mass is 10.1. The van der Waals surface area contributed by atoms with Gasteiger partial charge in [0.05, 0.1) is 0 Å². The third-order valence-corrected chi connectivity index (χ3v) is 4.03. The third-order valence-electron chi connectivity index (χ3n) is 4.03. The Balaban J connectivity index is 0.000000487. The number of Topliss-reactive ketones (excluding diaryl/α,β-unsaturated/α-hetero) is 1. The summed E-state index contributed by atoms with van der Waals surface area (Å²) in [7, 11) is 0. The van der Waals surface area contributed by atoms with Crippen molar-refractivity contribution in [3.05, 3.63) is 29.8 Å². The summed E-state index contributed by atoms with van der Waals surface area (Å²) in [5, 5.41) is 14.8. The predicted molar refractivity (Wildman–Crippen MR) is 95.8 cm³/mol. The SMILES string of the molecule is CCN1CCN(CCOc2ccc(C(C)=O)cc2)CC1.O=C(O)C(=O)O. The molecule has 0 spiro atoms. The number of carboxylic acids is 2. The highest BCUT2D eigenvalue weighted by atomic mass is 16.5. The first-order valence-corrected chi connectivity index (χ1v) is 8.48. The van der Waals surface area contributed by atoms with Gasteiger partial charge in [-0.3, -0.25) is 9.69 Å². The largest absolute Gasteiger partial charge is 0.492 e. The minimum Gasteiger partial charge on any atom is -0.492 e. The second kappa shape index (κ2) is 11.2. The molecule has 8 heteroatoms. The maximum atomic E-state index is 11.2. The van der Waals surface area contributed by atoms with Crippen molar-refractivity contribution in [1.82, 2.24) is 9.80 Å². The van der Waals surface area contributed by atoms with E-state index in [4.69, 9.17) is 24.5 Å². The topological polar surface area (TPSA) is 107 Å². The van der Waals surface area contributed by atoms with Crippen molar-refractivity contribution in [3.63, 3.8) is 0 Å². The van der Waals surface area contributed by atoms with Gasteiger partial charge in [0.15, 0.2) is 5.78 Å². The van der Waals surface area contributed by atoms with Gasteiger partial charge in [-0.2, -0.15) is 0 Å². The smallest absolute Gasteiger partial charge is 0.414 e. The Kier molecular flexibility index (Phi) is 9.32. The molecule has 0 aliphatic carbocycles. The van der Waals surface area contributed by atoms with Gasteiger partial charge in [-0.1, -0.05) is 6.92 Å². The molecule has 26 heavy (non-hydrogen) atoms. The number of benzene rings is 1. The Morgan fingerprint density at radius 1 is 0.962 bits per heavy atom. The maximum absolute atomic E-state index is 11.2. The van der Waals surface area contributed by atoms with Gasteiger partial charge >= 0.3 is 11.9 Å². The first-order valence-electron chi connectivity index (χ1n) is 8.48. The fourth-order valence-electron chi connectivity index (χ4n) is 2.41. The van der Waals surface area contributed by atoms with Crippen LogP contribution in [0.2, 0.25) is 0 Å². The average Bonchev–Trinajstić information content (AvgIpc) is 2.63. The molecule has 2 N–H and O–H groups in total. The normalized spacial score (nSPS) is 14.8. The van der Waals surface area contributed by atoms with Crippen molar-refractivity contribution < 1.29 is 29.3 Å². The average molecular weight is 366 g/mol. The van der Waals surface area contributed by atoms with Gasteiger partial charge in [-0.15, -0.1) is 0 Å². The minimum atomic E-state index is -1.82. The summed E-state index contributed by atoms with van der Waals surface area (Å²) in [4.78, 5) is 34.3. The minimum absolute atomic E-state index is 0.0883. The Bertz CT molecular complexity index is 582. The molecular formula is C18H26N2O6. The lowest BCUT2D eigenvalue weighted by Gasteiger charge is -2.33. The Morgan fingerprint density at radius 3 is 1.88 bits per heavy atom. The molecule has 1 aliphatic rings. The van der Waals surface area contributed by atoms with E-state index in [9.17, 15) is 4.79 Å². The summed E-state index contributed by atoms with van der Waals surface area (Å²) in [5.41, 5.74) is 0.730. The van der Waals surface area contributed by atoms with E-state index >= 15 is 0 Å². The summed E-state index contributed by atoms with van der Waals surface area (Å²) in [6.45, 7) is 11.2. The van der Waals surface area contributed by atoms with E-state index in [2.05, 4.69) is 16.7 Å². The maximum Gasteiger partial charge on any atom is 0.414 e. The molecule has 0 atom stereocenters. The lowest BCUT2D eigenvalue weighted by molar-refractivity contribution is -0.159. The van der Waals surface area contributed by atoms with Crippen molar-refractivity contribution in [2.45, 2.75) is 13.8 Å². The fourth-order valence-corrected chi connectivity index (χ4v) is 2.41. The molecule has 1 aliphatic heterocycles. The number of carbonyl (C=O) groups excluding carboxylic acids is 1. The molecule has 0 aromatic heterocycles. The number of aliphatic carboxylic acids is 2. The molecule has 1 heterocycles. The van der Waals surface area contributed by atoms with Crippen LogP contribution in [-0.2, 0) is 9.59 Å². The molecule has 0 bridgehead atoms. The van der Waals surface area contributed by atoms with Crippen molar-refractivity contribution in [3.8, 4) is 5.75 Å². The van der Waals surface area contributed by atoms with Crippen LogP contribution < -0.4 is 4.74 Å².